The SMILES string of the molecule is CC(C(=O)Nc1c(N)cc(Cl)cc1Cl)N1CCCCCC1. The topological polar surface area (TPSA) is 58.4 Å². The summed E-state index contributed by atoms with van der Waals surface area (Å²) in [6.07, 6.45) is 4.75. The standard InChI is InChI=1S/C15H21Cl2N3O/c1-10(20-6-4-2-3-5-7-20)15(21)19-14-12(17)8-11(16)9-13(14)18/h8-10H,2-7,18H2,1H3,(H,19,21). The van der Waals surface area contributed by atoms with E-state index in [1.807, 2.05) is 6.92 Å². The minimum atomic E-state index is -0.200. The van der Waals surface area contributed by atoms with Crippen molar-refractivity contribution in [3.63, 3.8) is 0 Å². The molecular formula is C15H21Cl2N3O. The van der Waals surface area contributed by atoms with Crippen molar-refractivity contribution in [1.29, 1.82) is 0 Å². The van der Waals surface area contributed by atoms with Crippen LogP contribution in [0.15, 0.2) is 12.1 Å². The van der Waals surface area contributed by atoms with E-state index in [1.54, 1.807) is 12.1 Å². The third-order valence-corrected chi connectivity index (χ3v) is 4.42. The van der Waals surface area contributed by atoms with Gasteiger partial charge in [-0.05, 0) is 45.0 Å². The lowest BCUT2D eigenvalue weighted by Crippen LogP contribution is -2.42. The number of rotatable bonds is 3. The number of hydrogen-bond donors (Lipinski definition) is 2. The maximum absolute atomic E-state index is 12.4. The summed E-state index contributed by atoms with van der Waals surface area (Å²) in [5, 5.41) is 3.64. The number of nitrogens with zero attached hydrogens (tertiary/aromatic N) is 1. The van der Waals surface area contributed by atoms with Crippen LogP contribution in [0, 0.1) is 0 Å². The van der Waals surface area contributed by atoms with E-state index in [1.165, 1.54) is 12.8 Å². The molecule has 1 amide bonds. The summed E-state index contributed by atoms with van der Waals surface area (Å²) in [5.41, 5.74) is 6.69. The van der Waals surface area contributed by atoms with Crippen molar-refractivity contribution in [1.82, 2.24) is 4.90 Å². The Bertz CT molecular complexity index is 491. The smallest absolute Gasteiger partial charge is 0.241 e. The average Bonchev–Trinajstić information content (AvgIpc) is 2.70. The zero-order valence-electron chi connectivity index (χ0n) is 12.2. The number of hydrogen-bond acceptors (Lipinski definition) is 3. The Hall–Kier alpha value is -0.970. The van der Waals surface area contributed by atoms with Crippen LogP contribution in [0.4, 0.5) is 11.4 Å². The maximum Gasteiger partial charge on any atom is 0.241 e. The van der Waals surface area contributed by atoms with Crippen LogP contribution < -0.4 is 11.1 Å². The second-order valence-corrected chi connectivity index (χ2v) is 6.31. The molecule has 3 N–H and O–H groups in total. The molecular weight excluding hydrogens is 309 g/mol. The molecule has 1 heterocycles. The fourth-order valence-electron chi connectivity index (χ4n) is 2.60. The fraction of sp³-hybridized carbons (Fsp3) is 0.533. The molecule has 1 aromatic rings. The van der Waals surface area contributed by atoms with Gasteiger partial charge in [-0.2, -0.15) is 0 Å². The summed E-state index contributed by atoms with van der Waals surface area (Å²) in [6, 6.07) is 2.96. The van der Waals surface area contributed by atoms with Crippen LogP contribution in [-0.4, -0.2) is 29.9 Å². The van der Waals surface area contributed by atoms with Gasteiger partial charge in [-0.3, -0.25) is 9.69 Å². The number of halogens is 2. The van der Waals surface area contributed by atoms with Gasteiger partial charge < -0.3 is 11.1 Å². The van der Waals surface area contributed by atoms with Gasteiger partial charge >= 0.3 is 0 Å². The highest BCUT2D eigenvalue weighted by molar-refractivity contribution is 6.37. The molecule has 21 heavy (non-hydrogen) atoms. The molecule has 4 nitrogen and oxygen atoms in total. The quantitative estimate of drug-likeness (QED) is 0.829. The summed E-state index contributed by atoms with van der Waals surface area (Å²) in [4.78, 5) is 14.6. The first-order chi connectivity index (χ1) is 9.99. The maximum atomic E-state index is 12.4. The molecule has 1 fully saturated rings. The van der Waals surface area contributed by atoms with E-state index in [4.69, 9.17) is 28.9 Å². The summed E-state index contributed by atoms with van der Waals surface area (Å²) >= 11 is 12.0. The highest BCUT2D eigenvalue weighted by Gasteiger charge is 2.23. The molecule has 0 bridgehead atoms. The van der Waals surface area contributed by atoms with Crippen molar-refractivity contribution < 1.29 is 4.79 Å². The first-order valence-electron chi connectivity index (χ1n) is 7.28. The Labute approximate surface area is 135 Å². The predicted octanol–water partition coefficient (Wildman–Crippen LogP) is 3.78. The molecule has 1 unspecified atom stereocenters. The molecule has 6 heteroatoms. The van der Waals surface area contributed by atoms with Gasteiger partial charge in [0.2, 0.25) is 5.91 Å². The Kier molecular flexibility index (Phi) is 5.73. The molecule has 1 aromatic carbocycles. The number of carbonyl (C=O) groups is 1. The Balaban J connectivity index is 2.06. The zero-order chi connectivity index (χ0) is 15.4. The van der Waals surface area contributed by atoms with E-state index >= 15 is 0 Å². The third kappa shape index (κ3) is 4.25. The number of nitrogens with one attached hydrogen (secondary N) is 1. The van der Waals surface area contributed by atoms with Gasteiger partial charge in [-0.1, -0.05) is 36.0 Å². The van der Waals surface area contributed by atoms with E-state index in [0.717, 1.165) is 25.9 Å². The lowest BCUT2D eigenvalue weighted by atomic mass is 10.2. The minimum Gasteiger partial charge on any atom is -0.397 e. The molecule has 0 aromatic heterocycles. The molecule has 0 radical (unpaired) electrons. The van der Waals surface area contributed by atoms with Crippen LogP contribution in [0.3, 0.4) is 0 Å². The highest BCUT2D eigenvalue weighted by atomic mass is 35.5. The Morgan fingerprint density at radius 3 is 2.43 bits per heavy atom. The minimum absolute atomic E-state index is 0.0900. The normalized spacial score (nSPS) is 18.0. The van der Waals surface area contributed by atoms with Crippen molar-refractivity contribution in [2.24, 2.45) is 0 Å². The van der Waals surface area contributed by atoms with E-state index < -0.39 is 0 Å². The lowest BCUT2D eigenvalue weighted by molar-refractivity contribution is -0.120. The molecule has 0 saturated carbocycles. The van der Waals surface area contributed by atoms with Crippen molar-refractivity contribution in [3.05, 3.63) is 22.2 Å². The second-order valence-electron chi connectivity index (χ2n) is 5.47. The molecule has 2 rings (SSSR count). The zero-order valence-corrected chi connectivity index (χ0v) is 13.7. The second kappa shape index (κ2) is 7.34. The lowest BCUT2D eigenvalue weighted by Gasteiger charge is -2.27. The van der Waals surface area contributed by atoms with E-state index in [9.17, 15) is 4.79 Å². The van der Waals surface area contributed by atoms with Gasteiger partial charge in [0.1, 0.15) is 0 Å². The van der Waals surface area contributed by atoms with Crippen LogP contribution in [0.1, 0.15) is 32.6 Å². The molecule has 0 aliphatic carbocycles. The van der Waals surface area contributed by atoms with Gasteiger partial charge in [-0.15, -0.1) is 0 Å². The number of anilines is 2. The van der Waals surface area contributed by atoms with Crippen LogP contribution in [0.5, 0.6) is 0 Å². The van der Waals surface area contributed by atoms with Crippen molar-refractivity contribution in [3.8, 4) is 0 Å². The fourth-order valence-corrected chi connectivity index (χ4v) is 3.16. The molecule has 1 aliphatic heterocycles. The first-order valence-corrected chi connectivity index (χ1v) is 8.04. The number of benzene rings is 1. The monoisotopic (exact) mass is 329 g/mol. The van der Waals surface area contributed by atoms with Gasteiger partial charge in [0.05, 0.1) is 22.4 Å². The summed E-state index contributed by atoms with van der Waals surface area (Å²) in [5.74, 6) is -0.0900. The summed E-state index contributed by atoms with van der Waals surface area (Å²) in [7, 11) is 0. The number of nitrogens with two attached hydrogens (primary N) is 1. The molecule has 116 valence electrons. The van der Waals surface area contributed by atoms with Gasteiger partial charge in [-0.25, -0.2) is 0 Å². The van der Waals surface area contributed by atoms with Crippen LogP contribution in [-0.2, 0) is 4.79 Å². The Morgan fingerprint density at radius 2 is 1.86 bits per heavy atom. The largest absolute Gasteiger partial charge is 0.397 e. The van der Waals surface area contributed by atoms with E-state index in [2.05, 4.69) is 10.2 Å². The molecule has 0 spiro atoms. The number of nitrogen functional groups attached to an aromatic ring is 1. The summed E-state index contributed by atoms with van der Waals surface area (Å²) < 4.78 is 0. The van der Waals surface area contributed by atoms with Gasteiger partial charge in [0, 0.05) is 5.02 Å². The Morgan fingerprint density at radius 1 is 1.24 bits per heavy atom. The molecule has 1 atom stereocenters. The predicted molar refractivity (Wildman–Crippen MR) is 89.0 cm³/mol. The highest BCUT2D eigenvalue weighted by Crippen LogP contribution is 2.32. The average molecular weight is 330 g/mol. The van der Waals surface area contributed by atoms with Crippen LogP contribution >= 0.6 is 23.2 Å². The van der Waals surface area contributed by atoms with Crippen molar-refractivity contribution >= 4 is 40.5 Å². The number of amides is 1. The van der Waals surface area contributed by atoms with Gasteiger partial charge in [0.25, 0.3) is 0 Å². The third-order valence-electron chi connectivity index (χ3n) is 3.90. The van der Waals surface area contributed by atoms with Crippen LogP contribution in [0.25, 0.3) is 0 Å². The van der Waals surface area contributed by atoms with Gasteiger partial charge in [0.15, 0.2) is 0 Å². The van der Waals surface area contributed by atoms with Crippen LogP contribution in [0.2, 0.25) is 10.0 Å². The van der Waals surface area contributed by atoms with E-state index in [0.29, 0.717) is 21.4 Å². The summed E-state index contributed by atoms with van der Waals surface area (Å²) in [6.45, 7) is 3.83. The molecule has 1 saturated heterocycles. The number of likely N-dealkylation sites (tertiary alicyclic amines) is 1. The van der Waals surface area contributed by atoms with Crippen molar-refractivity contribution in [2.75, 3.05) is 24.1 Å². The van der Waals surface area contributed by atoms with E-state index in [-0.39, 0.29) is 11.9 Å². The first kappa shape index (κ1) is 16.4. The van der Waals surface area contributed by atoms with Crippen molar-refractivity contribution in [2.45, 2.75) is 38.6 Å². The number of carbonyl (C=O) groups excluding carboxylic acids is 1. The molecule has 1 aliphatic rings.